The highest BCUT2D eigenvalue weighted by Crippen LogP contribution is 2.33. The number of carbonyl (C=O) groups excluding carboxylic acids is 2. The maximum atomic E-state index is 13.0. The van der Waals surface area contributed by atoms with E-state index in [0.717, 1.165) is 26.5 Å². The quantitative estimate of drug-likeness (QED) is 0.272. The van der Waals surface area contributed by atoms with Crippen LogP contribution in [-0.4, -0.2) is 36.3 Å². The molecule has 0 bridgehead atoms. The number of hydrogen-bond donors (Lipinski definition) is 0. The summed E-state index contributed by atoms with van der Waals surface area (Å²) in [7, 11) is 1.59. The Kier molecular flexibility index (Phi) is 7.68. The summed E-state index contributed by atoms with van der Waals surface area (Å²) < 4.78 is 24.6. The van der Waals surface area contributed by atoms with Crippen molar-refractivity contribution >= 4 is 51.6 Å². The summed E-state index contributed by atoms with van der Waals surface area (Å²) in [5.74, 6) is 0.137. The second kappa shape index (κ2) is 10.2. The van der Waals surface area contributed by atoms with Gasteiger partial charge in [-0.3, -0.25) is 14.5 Å². The highest BCUT2D eigenvalue weighted by atomic mass is 127. The maximum absolute atomic E-state index is 13.0. The Morgan fingerprint density at radius 1 is 1.17 bits per heavy atom. The van der Waals surface area contributed by atoms with Crippen LogP contribution in [0.4, 0.5) is 9.18 Å². The second-order valence-electron chi connectivity index (χ2n) is 6.28. The van der Waals surface area contributed by atoms with E-state index < -0.39 is 0 Å². The van der Waals surface area contributed by atoms with Crippen molar-refractivity contribution in [3.8, 4) is 5.75 Å². The van der Waals surface area contributed by atoms with Gasteiger partial charge in [-0.05, 0) is 82.2 Å². The number of hydrogen-bond acceptors (Lipinski definition) is 5. The smallest absolute Gasteiger partial charge is 0.293 e. The molecule has 29 heavy (non-hydrogen) atoms. The molecule has 152 valence electrons. The van der Waals surface area contributed by atoms with Crippen LogP contribution in [0.25, 0.3) is 6.08 Å². The lowest BCUT2D eigenvalue weighted by Crippen LogP contribution is -2.29. The number of imide groups is 1. The Morgan fingerprint density at radius 2 is 1.93 bits per heavy atom. The van der Waals surface area contributed by atoms with Crippen LogP contribution in [0.3, 0.4) is 0 Å². The molecule has 0 spiro atoms. The standard InChI is InChI=1S/C21H19FINO4S/c1-27-10-2-9-24-20(25)19(29-21(24)26)12-15-5-8-18(17(23)11-15)28-13-14-3-6-16(22)7-4-14/h3-8,11-12H,2,9-10,13H2,1H3/b19-12+. The van der Waals surface area contributed by atoms with Gasteiger partial charge in [0.05, 0.1) is 8.48 Å². The zero-order chi connectivity index (χ0) is 20.8. The van der Waals surface area contributed by atoms with Gasteiger partial charge in [-0.25, -0.2) is 4.39 Å². The first-order chi connectivity index (χ1) is 14.0. The fraction of sp³-hybridized carbons (Fsp3) is 0.238. The lowest BCUT2D eigenvalue weighted by molar-refractivity contribution is -0.122. The van der Waals surface area contributed by atoms with Gasteiger partial charge in [0, 0.05) is 20.3 Å². The Balaban J connectivity index is 1.65. The minimum atomic E-state index is -0.282. The average Bonchev–Trinajstić information content (AvgIpc) is 2.96. The molecule has 0 aliphatic carbocycles. The van der Waals surface area contributed by atoms with Crippen LogP contribution in [0.1, 0.15) is 17.5 Å². The number of benzene rings is 2. The molecule has 0 aromatic heterocycles. The SMILES string of the molecule is COCCCN1C(=O)S/C(=C/c2ccc(OCc3ccc(F)cc3)c(I)c2)C1=O. The third-order valence-electron chi connectivity index (χ3n) is 4.17. The van der Waals surface area contributed by atoms with Crippen LogP contribution in [0.2, 0.25) is 0 Å². The Hall–Kier alpha value is -1.91. The summed E-state index contributed by atoms with van der Waals surface area (Å²) in [6, 6.07) is 11.7. The molecule has 2 amide bonds. The van der Waals surface area contributed by atoms with Crippen LogP contribution in [-0.2, 0) is 16.1 Å². The zero-order valence-electron chi connectivity index (χ0n) is 15.7. The van der Waals surface area contributed by atoms with Crippen LogP contribution in [0.15, 0.2) is 47.4 Å². The van der Waals surface area contributed by atoms with Gasteiger partial charge in [0.1, 0.15) is 18.2 Å². The van der Waals surface area contributed by atoms with Gasteiger partial charge >= 0.3 is 0 Å². The van der Waals surface area contributed by atoms with E-state index in [9.17, 15) is 14.0 Å². The average molecular weight is 527 g/mol. The number of ether oxygens (including phenoxy) is 2. The Bertz CT molecular complexity index is 933. The van der Waals surface area contributed by atoms with Crippen LogP contribution in [0.5, 0.6) is 5.75 Å². The van der Waals surface area contributed by atoms with Gasteiger partial charge < -0.3 is 9.47 Å². The van der Waals surface area contributed by atoms with E-state index in [-0.39, 0.29) is 17.0 Å². The minimum Gasteiger partial charge on any atom is -0.488 e. The molecule has 1 aliphatic heterocycles. The van der Waals surface area contributed by atoms with E-state index in [0.29, 0.717) is 36.8 Å². The largest absolute Gasteiger partial charge is 0.488 e. The summed E-state index contributed by atoms with van der Waals surface area (Å²) in [5, 5.41) is -0.258. The normalized spacial score (nSPS) is 15.4. The predicted molar refractivity (Wildman–Crippen MR) is 119 cm³/mol. The molecule has 1 heterocycles. The van der Waals surface area contributed by atoms with Gasteiger partial charge in [-0.2, -0.15) is 0 Å². The van der Waals surface area contributed by atoms with Gasteiger partial charge in [-0.1, -0.05) is 18.2 Å². The van der Waals surface area contributed by atoms with Gasteiger partial charge in [0.25, 0.3) is 11.1 Å². The first kappa shape index (κ1) is 21.8. The number of thioether (sulfide) groups is 1. The third kappa shape index (κ3) is 5.80. The molecule has 1 aliphatic rings. The third-order valence-corrected chi connectivity index (χ3v) is 5.92. The summed E-state index contributed by atoms with van der Waals surface area (Å²) in [6.07, 6.45) is 2.33. The summed E-state index contributed by atoms with van der Waals surface area (Å²) in [5.41, 5.74) is 1.68. The number of methoxy groups -OCH3 is 1. The molecule has 0 N–H and O–H groups in total. The van der Waals surface area contributed by atoms with E-state index in [4.69, 9.17) is 9.47 Å². The molecule has 1 fully saturated rings. The molecule has 0 unspecified atom stereocenters. The molecule has 2 aromatic carbocycles. The molecule has 3 rings (SSSR count). The van der Waals surface area contributed by atoms with E-state index in [1.807, 2.05) is 18.2 Å². The molecule has 0 saturated carbocycles. The molecular formula is C21H19FINO4S. The van der Waals surface area contributed by atoms with Crippen molar-refractivity contribution in [3.05, 3.63) is 67.9 Å². The molecular weight excluding hydrogens is 508 g/mol. The van der Waals surface area contributed by atoms with Gasteiger partial charge in [0.15, 0.2) is 0 Å². The second-order valence-corrected chi connectivity index (χ2v) is 8.44. The highest BCUT2D eigenvalue weighted by molar-refractivity contribution is 14.1. The van der Waals surface area contributed by atoms with E-state index in [1.165, 1.54) is 17.0 Å². The van der Waals surface area contributed by atoms with Crippen molar-refractivity contribution in [2.45, 2.75) is 13.0 Å². The molecule has 0 atom stereocenters. The molecule has 2 aromatic rings. The number of carbonyl (C=O) groups is 2. The van der Waals surface area contributed by atoms with Gasteiger partial charge in [-0.15, -0.1) is 0 Å². The fourth-order valence-electron chi connectivity index (χ4n) is 2.68. The lowest BCUT2D eigenvalue weighted by Gasteiger charge is -2.11. The van der Waals surface area contributed by atoms with Crippen molar-refractivity contribution in [2.24, 2.45) is 0 Å². The van der Waals surface area contributed by atoms with E-state index in [1.54, 1.807) is 25.3 Å². The molecule has 0 radical (unpaired) electrons. The van der Waals surface area contributed by atoms with Crippen molar-refractivity contribution in [2.75, 3.05) is 20.3 Å². The van der Waals surface area contributed by atoms with Crippen molar-refractivity contribution in [1.82, 2.24) is 4.90 Å². The highest BCUT2D eigenvalue weighted by Gasteiger charge is 2.34. The Labute approximate surface area is 186 Å². The number of halogens is 2. The first-order valence-electron chi connectivity index (χ1n) is 8.89. The Morgan fingerprint density at radius 3 is 2.62 bits per heavy atom. The predicted octanol–water partition coefficient (Wildman–Crippen LogP) is 5.08. The van der Waals surface area contributed by atoms with Crippen molar-refractivity contribution in [3.63, 3.8) is 0 Å². The summed E-state index contributed by atoms with van der Waals surface area (Å²) >= 11 is 3.11. The van der Waals surface area contributed by atoms with Crippen molar-refractivity contribution < 1.29 is 23.5 Å². The van der Waals surface area contributed by atoms with Crippen LogP contribution >= 0.6 is 34.4 Å². The topological polar surface area (TPSA) is 55.8 Å². The minimum absolute atomic E-state index is 0.258. The zero-order valence-corrected chi connectivity index (χ0v) is 18.7. The van der Waals surface area contributed by atoms with Gasteiger partial charge in [0.2, 0.25) is 0 Å². The van der Waals surface area contributed by atoms with E-state index in [2.05, 4.69) is 22.6 Å². The molecule has 1 saturated heterocycles. The van der Waals surface area contributed by atoms with E-state index >= 15 is 0 Å². The molecule has 5 nitrogen and oxygen atoms in total. The fourth-order valence-corrected chi connectivity index (χ4v) is 4.24. The summed E-state index contributed by atoms with van der Waals surface area (Å²) in [6.45, 7) is 1.18. The van der Waals surface area contributed by atoms with Crippen LogP contribution < -0.4 is 4.74 Å². The monoisotopic (exact) mass is 527 g/mol. The number of rotatable bonds is 8. The maximum Gasteiger partial charge on any atom is 0.293 e. The first-order valence-corrected chi connectivity index (χ1v) is 10.8. The molecule has 8 heteroatoms. The summed E-state index contributed by atoms with van der Waals surface area (Å²) in [4.78, 5) is 26.2. The lowest BCUT2D eigenvalue weighted by atomic mass is 10.2. The number of nitrogens with zero attached hydrogens (tertiary/aromatic N) is 1. The van der Waals surface area contributed by atoms with Crippen molar-refractivity contribution in [1.29, 1.82) is 0 Å². The van der Waals surface area contributed by atoms with Crippen LogP contribution in [0, 0.1) is 9.39 Å². The number of amides is 2.